The molecule has 1 aromatic carbocycles. The van der Waals surface area contributed by atoms with Crippen molar-refractivity contribution >= 4 is 17.8 Å². The average molecular weight is 479 g/mol. The Labute approximate surface area is 203 Å². The monoisotopic (exact) mass is 478 g/mol. The molecule has 1 saturated heterocycles. The van der Waals surface area contributed by atoms with Gasteiger partial charge in [0, 0.05) is 47.8 Å². The van der Waals surface area contributed by atoms with Crippen LogP contribution >= 0.6 is 0 Å². The van der Waals surface area contributed by atoms with E-state index in [-0.39, 0.29) is 18.4 Å². The summed E-state index contributed by atoms with van der Waals surface area (Å²) in [5, 5.41) is 0. The zero-order valence-electron chi connectivity index (χ0n) is 20.2. The van der Waals surface area contributed by atoms with Crippen LogP contribution in [0.15, 0.2) is 41.2 Å². The molecule has 35 heavy (non-hydrogen) atoms. The highest BCUT2D eigenvalue weighted by atomic mass is 16.5. The molecule has 10 heteroatoms. The molecule has 3 aromatic rings. The van der Waals surface area contributed by atoms with Gasteiger partial charge in [-0.05, 0) is 45.4 Å². The number of hydrogen-bond donors (Lipinski definition) is 3. The number of nitrogens with one attached hydrogen (secondary N) is 3. The number of nitrogens with zero attached hydrogens (tertiary/aromatic N) is 3. The first-order valence-electron chi connectivity index (χ1n) is 11.6. The van der Waals surface area contributed by atoms with Gasteiger partial charge in [-0.1, -0.05) is 18.2 Å². The lowest BCUT2D eigenvalue weighted by Crippen LogP contribution is -2.42. The Kier molecular flexibility index (Phi) is 7.31. The van der Waals surface area contributed by atoms with Gasteiger partial charge in [0.05, 0.1) is 18.8 Å². The second kappa shape index (κ2) is 10.6. The fourth-order valence-corrected chi connectivity index (χ4v) is 4.28. The standard InChI is InChI=1S/C25H30N6O4/c1-16-15-21(18(3)31(16)19-7-5-4-6-8-19)24(34)29-28-22(32)10-9-20-17(2)26-25(27-23(20)33)30-11-13-35-14-12-30/h4-8,15H,9-14H2,1-3H3,(H,28,32)(H,29,34)(H,26,27,33). The topological polar surface area (TPSA) is 121 Å². The molecule has 0 atom stereocenters. The van der Waals surface area contributed by atoms with E-state index in [0.717, 1.165) is 17.1 Å². The number of carbonyl (C=O) groups excluding carboxylic acids is 2. The summed E-state index contributed by atoms with van der Waals surface area (Å²) in [6.07, 6.45) is 0.244. The number of carbonyl (C=O) groups is 2. The van der Waals surface area contributed by atoms with Crippen molar-refractivity contribution in [2.75, 3.05) is 31.2 Å². The van der Waals surface area contributed by atoms with Crippen molar-refractivity contribution in [3.8, 4) is 5.69 Å². The maximum absolute atomic E-state index is 12.7. The third-order valence-corrected chi connectivity index (χ3v) is 6.13. The molecule has 4 rings (SSSR count). The largest absolute Gasteiger partial charge is 0.378 e. The van der Waals surface area contributed by atoms with Crippen LogP contribution in [0.5, 0.6) is 0 Å². The third-order valence-electron chi connectivity index (χ3n) is 6.13. The molecule has 0 saturated carbocycles. The molecule has 0 aliphatic carbocycles. The summed E-state index contributed by atoms with van der Waals surface area (Å²) in [4.78, 5) is 47.0. The van der Waals surface area contributed by atoms with Crippen molar-refractivity contribution in [2.45, 2.75) is 33.6 Å². The van der Waals surface area contributed by atoms with Gasteiger partial charge in [-0.25, -0.2) is 4.98 Å². The van der Waals surface area contributed by atoms with Crippen molar-refractivity contribution in [3.05, 3.63) is 75.0 Å². The quantitative estimate of drug-likeness (QED) is 0.464. The average Bonchev–Trinajstić information content (AvgIpc) is 3.16. The molecule has 3 N–H and O–H groups in total. The van der Waals surface area contributed by atoms with E-state index < -0.39 is 11.8 Å². The van der Waals surface area contributed by atoms with Gasteiger partial charge >= 0.3 is 0 Å². The second-order valence-electron chi connectivity index (χ2n) is 8.51. The normalized spacial score (nSPS) is 13.5. The molecule has 2 aromatic heterocycles. The van der Waals surface area contributed by atoms with Crippen molar-refractivity contribution < 1.29 is 14.3 Å². The molecular formula is C25H30N6O4. The number of rotatable bonds is 6. The van der Waals surface area contributed by atoms with E-state index in [1.54, 1.807) is 13.0 Å². The predicted octanol–water partition coefficient (Wildman–Crippen LogP) is 1.72. The minimum absolute atomic E-state index is 0.0335. The number of hydrogen-bond acceptors (Lipinski definition) is 6. The summed E-state index contributed by atoms with van der Waals surface area (Å²) >= 11 is 0. The summed E-state index contributed by atoms with van der Waals surface area (Å²) in [5.41, 5.74) is 8.82. The lowest BCUT2D eigenvalue weighted by atomic mass is 10.1. The van der Waals surface area contributed by atoms with Gasteiger partial charge in [-0.3, -0.25) is 30.2 Å². The van der Waals surface area contributed by atoms with E-state index in [2.05, 4.69) is 20.8 Å². The Hall–Kier alpha value is -3.92. The molecule has 3 heterocycles. The number of H-pyrrole nitrogens is 1. The van der Waals surface area contributed by atoms with E-state index in [9.17, 15) is 14.4 Å². The Morgan fingerprint density at radius 2 is 1.80 bits per heavy atom. The second-order valence-corrected chi connectivity index (χ2v) is 8.51. The maximum atomic E-state index is 12.7. The van der Waals surface area contributed by atoms with Gasteiger partial charge in [0.1, 0.15) is 0 Å². The number of benzene rings is 1. The third kappa shape index (κ3) is 5.43. The minimum Gasteiger partial charge on any atom is -0.378 e. The Morgan fingerprint density at radius 1 is 1.09 bits per heavy atom. The molecule has 0 spiro atoms. The van der Waals surface area contributed by atoms with Gasteiger partial charge in [0.25, 0.3) is 11.5 Å². The van der Waals surface area contributed by atoms with Crippen molar-refractivity contribution in [2.24, 2.45) is 0 Å². The van der Waals surface area contributed by atoms with Crippen LogP contribution < -0.4 is 21.3 Å². The number of aryl methyl sites for hydroxylation is 2. The first-order chi connectivity index (χ1) is 16.8. The van der Waals surface area contributed by atoms with Gasteiger partial charge in [-0.15, -0.1) is 0 Å². The van der Waals surface area contributed by atoms with E-state index in [0.29, 0.717) is 49.1 Å². The van der Waals surface area contributed by atoms with E-state index in [1.165, 1.54) is 0 Å². The van der Waals surface area contributed by atoms with Crippen LogP contribution in [0.25, 0.3) is 5.69 Å². The van der Waals surface area contributed by atoms with Gasteiger partial charge < -0.3 is 14.2 Å². The molecule has 0 radical (unpaired) electrons. The highest BCUT2D eigenvalue weighted by Gasteiger charge is 2.19. The zero-order valence-corrected chi connectivity index (χ0v) is 20.2. The molecule has 1 aliphatic heterocycles. The summed E-state index contributed by atoms with van der Waals surface area (Å²) in [6.45, 7) is 8.05. The summed E-state index contributed by atoms with van der Waals surface area (Å²) < 4.78 is 7.32. The van der Waals surface area contributed by atoms with Gasteiger partial charge in [0.15, 0.2) is 0 Å². The Bertz CT molecular complexity index is 1280. The van der Waals surface area contributed by atoms with Crippen LogP contribution in [0.1, 0.15) is 39.4 Å². The summed E-state index contributed by atoms with van der Waals surface area (Å²) in [5.74, 6) is -0.283. The van der Waals surface area contributed by atoms with Crippen LogP contribution in [0, 0.1) is 20.8 Å². The van der Waals surface area contributed by atoms with E-state index in [1.807, 2.05) is 53.6 Å². The fourth-order valence-electron chi connectivity index (χ4n) is 4.28. The lowest BCUT2D eigenvalue weighted by Gasteiger charge is -2.27. The molecular weight excluding hydrogens is 448 g/mol. The van der Waals surface area contributed by atoms with E-state index >= 15 is 0 Å². The van der Waals surface area contributed by atoms with Crippen LogP contribution in [0.4, 0.5) is 5.95 Å². The van der Waals surface area contributed by atoms with Crippen LogP contribution in [-0.2, 0) is 16.0 Å². The first-order valence-corrected chi connectivity index (χ1v) is 11.6. The van der Waals surface area contributed by atoms with Crippen molar-refractivity contribution in [3.63, 3.8) is 0 Å². The number of morpholine rings is 1. The van der Waals surface area contributed by atoms with Gasteiger partial charge in [0.2, 0.25) is 11.9 Å². The van der Waals surface area contributed by atoms with Crippen molar-refractivity contribution in [1.29, 1.82) is 0 Å². The SMILES string of the molecule is Cc1nc(N2CCOCC2)[nH]c(=O)c1CCC(=O)NNC(=O)c1cc(C)n(-c2ccccc2)c1C. The number of anilines is 1. The molecule has 0 bridgehead atoms. The Morgan fingerprint density at radius 3 is 2.49 bits per heavy atom. The highest BCUT2D eigenvalue weighted by Crippen LogP contribution is 2.20. The number of aromatic amines is 1. The number of para-hydroxylation sites is 1. The molecule has 0 unspecified atom stereocenters. The van der Waals surface area contributed by atoms with Gasteiger partial charge in [-0.2, -0.15) is 0 Å². The smallest absolute Gasteiger partial charge is 0.271 e. The predicted molar refractivity (Wildman–Crippen MR) is 132 cm³/mol. The molecule has 2 amide bonds. The van der Waals surface area contributed by atoms with Crippen LogP contribution in [0.3, 0.4) is 0 Å². The van der Waals surface area contributed by atoms with Crippen LogP contribution in [0.2, 0.25) is 0 Å². The fraction of sp³-hybridized carbons (Fsp3) is 0.360. The lowest BCUT2D eigenvalue weighted by molar-refractivity contribution is -0.121. The number of amides is 2. The minimum atomic E-state index is -0.404. The molecule has 10 nitrogen and oxygen atoms in total. The number of ether oxygens (including phenoxy) is 1. The van der Waals surface area contributed by atoms with Crippen LogP contribution in [-0.4, -0.2) is 52.7 Å². The van der Waals surface area contributed by atoms with Crippen molar-refractivity contribution in [1.82, 2.24) is 25.4 Å². The Balaban J connectivity index is 1.35. The molecule has 184 valence electrons. The highest BCUT2D eigenvalue weighted by molar-refractivity contribution is 5.97. The number of aromatic nitrogens is 3. The summed E-state index contributed by atoms with van der Waals surface area (Å²) in [7, 11) is 0. The summed E-state index contributed by atoms with van der Waals surface area (Å²) in [6, 6.07) is 11.5. The molecule has 1 fully saturated rings. The first kappa shape index (κ1) is 24.2. The van der Waals surface area contributed by atoms with E-state index in [4.69, 9.17) is 4.74 Å². The maximum Gasteiger partial charge on any atom is 0.271 e. The number of hydrazine groups is 1. The zero-order chi connectivity index (χ0) is 24.9. The molecule has 1 aliphatic rings.